The number of nitrogens with zero attached hydrogens (tertiary/aromatic N) is 4. The minimum atomic E-state index is 0.0546. The maximum absolute atomic E-state index is 12.4. The molecule has 1 fully saturated rings. The van der Waals surface area contributed by atoms with Crippen molar-refractivity contribution in [2.24, 2.45) is 0 Å². The van der Waals surface area contributed by atoms with Gasteiger partial charge in [-0.05, 0) is 53.9 Å². The van der Waals surface area contributed by atoms with Crippen molar-refractivity contribution in [2.45, 2.75) is 0 Å². The molecule has 4 rings (SSSR count). The van der Waals surface area contributed by atoms with Crippen LogP contribution in [0.25, 0.3) is 17.3 Å². The van der Waals surface area contributed by atoms with Crippen LogP contribution in [0, 0.1) is 0 Å². The molecule has 0 unspecified atom stereocenters. The molecule has 0 bridgehead atoms. The third-order valence-corrected chi connectivity index (χ3v) is 5.72. The van der Waals surface area contributed by atoms with Crippen molar-refractivity contribution in [3.63, 3.8) is 0 Å². The molecule has 148 valence electrons. The molecule has 3 heterocycles. The molecule has 0 radical (unpaired) electrons. The summed E-state index contributed by atoms with van der Waals surface area (Å²) in [5.74, 6) is 1.71. The number of hydrogen-bond acceptors (Lipinski definition) is 6. The van der Waals surface area contributed by atoms with E-state index >= 15 is 0 Å². The van der Waals surface area contributed by atoms with Gasteiger partial charge in [-0.1, -0.05) is 6.07 Å². The Morgan fingerprint density at radius 1 is 1.03 bits per heavy atom. The molecule has 1 amide bonds. The zero-order chi connectivity index (χ0) is 20.1. The Balaban J connectivity index is 1.34. The van der Waals surface area contributed by atoms with Gasteiger partial charge in [0.2, 0.25) is 5.91 Å². The van der Waals surface area contributed by atoms with E-state index in [-0.39, 0.29) is 5.91 Å². The maximum Gasteiger partial charge on any atom is 0.246 e. The quantitative estimate of drug-likeness (QED) is 0.606. The Hall–Kier alpha value is -3.19. The average Bonchev–Trinajstić information content (AvgIpc) is 3.31. The molecule has 1 aromatic carbocycles. The lowest BCUT2D eigenvalue weighted by Gasteiger charge is -2.34. The smallest absolute Gasteiger partial charge is 0.246 e. The monoisotopic (exact) mass is 406 g/mol. The van der Waals surface area contributed by atoms with Crippen molar-refractivity contribution in [1.82, 2.24) is 15.1 Å². The Morgan fingerprint density at radius 3 is 2.45 bits per heavy atom. The van der Waals surface area contributed by atoms with Gasteiger partial charge >= 0.3 is 0 Å². The third kappa shape index (κ3) is 4.63. The van der Waals surface area contributed by atoms with Gasteiger partial charge in [0, 0.05) is 42.7 Å². The summed E-state index contributed by atoms with van der Waals surface area (Å²) in [7, 11) is 1.65. The van der Waals surface area contributed by atoms with Gasteiger partial charge in [-0.2, -0.15) is 0 Å². The Labute approximate surface area is 174 Å². The lowest BCUT2D eigenvalue weighted by molar-refractivity contribution is -0.126. The highest BCUT2D eigenvalue weighted by molar-refractivity contribution is 7.10. The minimum absolute atomic E-state index is 0.0546. The number of ether oxygens (including phenoxy) is 1. The van der Waals surface area contributed by atoms with Gasteiger partial charge in [-0.3, -0.25) is 4.79 Å². The zero-order valence-corrected chi connectivity index (χ0v) is 17.0. The van der Waals surface area contributed by atoms with E-state index in [1.807, 2.05) is 64.9 Å². The number of benzene rings is 1. The number of aromatic nitrogens is 2. The Kier molecular flexibility index (Phi) is 5.86. The van der Waals surface area contributed by atoms with Crippen molar-refractivity contribution >= 4 is 29.1 Å². The van der Waals surface area contributed by atoms with E-state index in [9.17, 15) is 4.79 Å². The van der Waals surface area contributed by atoms with Crippen LogP contribution in [-0.4, -0.2) is 54.3 Å². The normalized spacial score (nSPS) is 14.4. The molecular weight excluding hydrogens is 384 g/mol. The summed E-state index contributed by atoms with van der Waals surface area (Å²) in [6, 6.07) is 15.7. The number of carbonyl (C=O) groups excluding carboxylic acids is 1. The molecule has 1 aliphatic rings. The average molecular weight is 407 g/mol. The van der Waals surface area contributed by atoms with Gasteiger partial charge in [-0.25, -0.2) is 0 Å². The molecule has 29 heavy (non-hydrogen) atoms. The van der Waals surface area contributed by atoms with Crippen LogP contribution in [-0.2, 0) is 4.79 Å². The summed E-state index contributed by atoms with van der Waals surface area (Å²) in [5, 5.41) is 10.8. The fraction of sp³-hybridized carbons (Fsp3) is 0.227. The Bertz CT molecular complexity index is 961. The highest BCUT2D eigenvalue weighted by Gasteiger charge is 2.20. The largest absolute Gasteiger partial charge is 0.497 e. The van der Waals surface area contributed by atoms with Crippen LogP contribution in [0.2, 0.25) is 0 Å². The predicted octanol–water partition coefficient (Wildman–Crippen LogP) is 3.58. The van der Waals surface area contributed by atoms with Crippen molar-refractivity contribution in [3.05, 3.63) is 64.9 Å². The van der Waals surface area contributed by atoms with E-state index < -0.39 is 0 Å². The molecule has 0 spiro atoms. The van der Waals surface area contributed by atoms with Gasteiger partial charge in [0.15, 0.2) is 5.82 Å². The SMILES string of the molecule is COc1ccc(-c2ccc(N3CCN(C(=O)/C=C/c4cccs4)CC3)nn2)cc1. The van der Waals surface area contributed by atoms with Gasteiger partial charge in [0.25, 0.3) is 0 Å². The number of anilines is 1. The second kappa shape index (κ2) is 8.87. The first-order valence-electron chi connectivity index (χ1n) is 9.46. The molecule has 0 N–H and O–H groups in total. The number of hydrogen-bond donors (Lipinski definition) is 0. The van der Waals surface area contributed by atoms with E-state index in [4.69, 9.17) is 4.74 Å². The molecule has 1 saturated heterocycles. The first-order valence-corrected chi connectivity index (χ1v) is 10.3. The Morgan fingerprint density at radius 2 is 1.83 bits per heavy atom. The summed E-state index contributed by atoms with van der Waals surface area (Å²) in [5.41, 5.74) is 1.82. The van der Waals surface area contributed by atoms with Crippen LogP contribution in [0.15, 0.2) is 60.0 Å². The summed E-state index contributed by atoms with van der Waals surface area (Å²) in [6.45, 7) is 2.84. The second-order valence-electron chi connectivity index (χ2n) is 6.67. The van der Waals surface area contributed by atoms with Crippen LogP contribution in [0.1, 0.15) is 4.88 Å². The first-order chi connectivity index (χ1) is 14.2. The van der Waals surface area contributed by atoms with Gasteiger partial charge < -0.3 is 14.5 Å². The number of carbonyl (C=O) groups is 1. The topological polar surface area (TPSA) is 58.6 Å². The fourth-order valence-corrected chi connectivity index (χ4v) is 3.83. The molecule has 7 heteroatoms. The van der Waals surface area contributed by atoms with E-state index in [1.165, 1.54) is 0 Å². The van der Waals surface area contributed by atoms with Crippen molar-refractivity contribution < 1.29 is 9.53 Å². The predicted molar refractivity (Wildman–Crippen MR) is 116 cm³/mol. The lowest BCUT2D eigenvalue weighted by Crippen LogP contribution is -2.48. The molecule has 3 aromatic rings. The van der Waals surface area contributed by atoms with Crippen LogP contribution >= 0.6 is 11.3 Å². The molecule has 0 saturated carbocycles. The fourth-order valence-electron chi connectivity index (χ4n) is 3.21. The van der Waals surface area contributed by atoms with Crippen LogP contribution in [0.5, 0.6) is 5.75 Å². The van der Waals surface area contributed by atoms with Gasteiger partial charge in [-0.15, -0.1) is 21.5 Å². The summed E-state index contributed by atoms with van der Waals surface area (Å²) >= 11 is 1.62. The van der Waals surface area contributed by atoms with Crippen LogP contribution < -0.4 is 9.64 Å². The molecule has 0 atom stereocenters. The summed E-state index contributed by atoms with van der Waals surface area (Å²) < 4.78 is 5.19. The number of methoxy groups -OCH3 is 1. The first kappa shape index (κ1) is 19.1. The number of piperazine rings is 1. The van der Waals surface area contributed by atoms with Crippen molar-refractivity contribution in [2.75, 3.05) is 38.2 Å². The maximum atomic E-state index is 12.4. The third-order valence-electron chi connectivity index (χ3n) is 4.88. The molecule has 6 nitrogen and oxygen atoms in total. The number of amides is 1. The standard InChI is InChI=1S/C22H22N4O2S/c1-28-18-6-4-17(5-7-18)20-9-10-21(24-23-20)25-12-14-26(15-13-25)22(27)11-8-19-3-2-16-29-19/h2-11,16H,12-15H2,1H3/b11-8+. The van der Waals surface area contributed by atoms with Crippen LogP contribution in [0.4, 0.5) is 5.82 Å². The van der Waals surface area contributed by atoms with E-state index in [0.717, 1.165) is 40.8 Å². The number of rotatable bonds is 5. The van der Waals surface area contributed by atoms with Crippen molar-refractivity contribution in [1.29, 1.82) is 0 Å². The molecule has 0 aliphatic carbocycles. The lowest BCUT2D eigenvalue weighted by atomic mass is 10.1. The highest BCUT2D eigenvalue weighted by atomic mass is 32.1. The molecule has 2 aromatic heterocycles. The molecular formula is C22H22N4O2S. The summed E-state index contributed by atoms with van der Waals surface area (Å²) in [6.07, 6.45) is 3.54. The second-order valence-corrected chi connectivity index (χ2v) is 7.65. The van der Waals surface area contributed by atoms with Gasteiger partial charge in [0.05, 0.1) is 12.8 Å². The van der Waals surface area contributed by atoms with Crippen LogP contribution in [0.3, 0.4) is 0 Å². The van der Waals surface area contributed by atoms with Gasteiger partial charge in [0.1, 0.15) is 5.75 Å². The minimum Gasteiger partial charge on any atom is -0.497 e. The molecule has 1 aliphatic heterocycles. The summed E-state index contributed by atoms with van der Waals surface area (Å²) in [4.78, 5) is 17.5. The highest BCUT2D eigenvalue weighted by Crippen LogP contribution is 2.22. The van der Waals surface area contributed by atoms with E-state index in [2.05, 4.69) is 15.1 Å². The van der Waals surface area contributed by atoms with Crippen molar-refractivity contribution in [3.8, 4) is 17.0 Å². The number of thiophene rings is 1. The zero-order valence-electron chi connectivity index (χ0n) is 16.2. The van der Waals surface area contributed by atoms with E-state index in [1.54, 1.807) is 24.5 Å². The van der Waals surface area contributed by atoms with E-state index in [0.29, 0.717) is 13.1 Å².